The van der Waals surface area contributed by atoms with Crippen LogP contribution < -0.4 is 0 Å². The van der Waals surface area contributed by atoms with Crippen molar-refractivity contribution in [3.8, 4) is 0 Å². The minimum Gasteiger partial charge on any atom is -0.454 e. The maximum absolute atomic E-state index is 11.8. The molecule has 0 radical (unpaired) electrons. The fourth-order valence-electron chi connectivity index (χ4n) is 1.47. The average Bonchev–Trinajstić information content (AvgIpc) is 2.95. The molecule has 3 nitrogen and oxygen atoms in total. The van der Waals surface area contributed by atoms with E-state index in [1.165, 1.54) is 17.4 Å². The summed E-state index contributed by atoms with van der Waals surface area (Å²) in [5.41, 5.74) is 0.509. The van der Waals surface area contributed by atoms with E-state index in [1.54, 1.807) is 24.3 Å². The molecule has 0 saturated carbocycles. The molecule has 0 aliphatic heterocycles. The van der Waals surface area contributed by atoms with Crippen molar-refractivity contribution in [3.05, 3.63) is 62.8 Å². The maximum Gasteiger partial charge on any atom is 0.331 e. The molecule has 0 saturated heterocycles. The summed E-state index contributed by atoms with van der Waals surface area (Å²) in [5, 5.41) is 1.92. The van der Waals surface area contributed by atoms with Crippen LogP contribution in [0.4, 0.5) is 0 Å². The van der Waals surface area contributed by atoms with Crippen LogP contribution in [-0.2, 0) is 9.53 Å². The predicted molar refractivity (Wildman–Crippen MR) is 82.8 cm³/mol. The number of rotatable bonds is 5. The van der Waals surface area contributed by atoms with Gasteiger partial charge in [0.1, 0.15) is 0 Å². The molecule has 1 heterocycles. The van der Waals surface area contributed by atoms with E-state index in [1.807, 2.05) is 23.6 Å². The number of hydrogen-bond acceptors (Lipinski definition) is 4. The Morgan fingerprint density at radius 2 is 2.10 bits per heavy atom. The van der Waals surface area contributed by atoms with Crippen LogP contribution in [0.1, 0.15) is 15.2 Å². The van der Waals surface area contributed by atoms with Crippen LogP contribution >= 0.6 is 27.3 Å². The van der Waals surface area contributed by atoms with Crippen molar-refractivity contribution < 1.29 is 14.3 Å². The van der Waals surface area contributed by atoms with E-state index in [9.17, 15) is 9.59 Å². The van der Waals surface area contributed by atoms with Crippen LogP contribution in [0.5, 0.6) is 0 Å². The highest BCUT2D eigenvalue weighted by Crippen LogP contribution is 2.12. The van der Waals surface area contributed by atoms with Gasteiger partial charge in [0.25, 0.3) is 0 Å². The number of benzene rings is 1. The fourth-order valence-corrected chi connectivity index (χ4v) is 2.48. The third-order valence-corrected chi connectivity index (χ3v) is 3.75. The zero-order chi connectivity index (χ0) is 14.4. The molecule has 0 aliphatic carbocycles. The second kappa shape index (κ2) is 7.17. The third-order valence-electron chi connectivity index (χ3n) is 2.42. The first-order valence-electron chi connectivity index (χ1n) is 5.82. The predicted octanol–water partition coefficient (Wildman–Crippen LogP) is 3.95. The van der Waals surface area contributed by atoms with Gasteiger partial charge in [-0.2, -0.15) is 0 Å². The van der Waals surface area contributed by atoms with Crippen molar-refractivity contribution in [2.75, 3.05) is 6.61 Å². The quantitative estimate of drug-likeness (QED) is 0.465. The summed E-state index contributed by atoms with van der Waals surface area (Å²) >= 11 is 4.81. The number of carbonyl (C=O) groups excluding carboxylic acids is 2. The van der Waals surface area contributed by atoms with Gasteiger partial charge < -0.3 is 4.74 Å². The highest BCUT2D eigenvalue weighted by Gasteiger charge is 2.08. The Balaban J connectivity index is 1.86. The monoisotopic (exact) mass is 350 g/mol. The Bertz CT molecular complexity index is 632. The van der Waals surface area contributed by atoms with Gasteiger partial charge >= 0.3 is 5.97 Å². The lowest BCUT2D eigenvalue weighted by Crippen LogP contribution is -2.12. The van der Waals surface area contributed by atoms with Gasteiger partial charge in [0.2, 0.25) is 0 Å². The fraction of sp³-hybridized carbons (Fsp3) is 0.0667. The van der Waals surface area contributed by atoms with E-state index >= 15 is 0 Å². The van der Waals surface area contributed by atoms with Crippen molar-refractivity contribution in [1.29, 1.82) is 0 Å². The average molecular weight is 351 g/mol. The van der Waals surface area contributed by atoms with E-state index in [0.717, 1.165) is 9.35 Å². The molecule has 5 heteroatoms. The zero-order valence-corrected chi connectivity index (χ0v) is 12.8. The number of thiophene rings is 1. The van der Waals surface area contributed by atoms with Crippen molar-refractivity contribution >= 4 is 45.1 Å². The number of halogens is 1. The van der Waals surface area contributed by atoms with Gasteiger partial charge in [0.15, 0.2) is 12.4 Å². The van der Waals surface area contributed by atoms with Crippen molar-refractivity contribution in [3.63, 3.8) is 0 Å². The molecule has 0 unspecified atom stereocenters. The second-order valence-corrected chi connectivity index (χ2v) is 5.78. The molecule has 2 aromatic rings. The highest BCUT2D eigenvalue weighted by molar-refractivity contribution is 9.10. The number of Topliss-reactive ketones (excluding diaryl/α,β-unsaturated/α-hetero) is 1. The van der Waals surface area contributed by atoms with E-state index in [4.69, 9.17) is 4.74 Å². The summed E-state index contributed by atoms with van der Waals surface area (Å²) in [5.74, 6) is -0.758. The van der Waals surface area contributed by atoms with Crippen LogP contribution in [0.25, 0.3) is 6.08 Å². The molecule has 0 spiro atoms. The van der Waals surface area contributed by atoms with Crippen LogP contribution in [0, 0.1) is 0 Å². The molecule has 20 heavy (non-hydrogen) atoms. The lowest BCUT2D eigenvalue weighted by Gasteiger charge is -2.02. The second-order valence-electron chi connectivity index (χ2n) is 3.89. The zero-order valence-electron chi connectivity index (χ0n) is 10.4. The Hall–Kier alpha value is -1.72. The van der Waals surface area contributed by atoms with E-state index in [-0.39, 0.29) is 12.4 Å². The Morgan fingerprint density at radius 1 is 1.25 bits per heavy atom. The van der Waals surface area contributed by atoms with Gasteiger partial charge in [0.05, 0.1) is 0 Å². The van der Waals surface area contributed by atoms with Crippen LogP contribution in [0.2, 0.25) is 0 Å². The molecule has 0 fully saturated rings. The van der Waals surface area contributed by atoms with E-state index in [2.05, 4.69) is 15.9 Å². The molecular formula is C15H11BrO3S. The highest BCUT2D eigenvalue weighted by atomic mass is 79.9. The lowest BCUT2D eigenvalue weighted by atomic mass is 10.1. The standard InChI is InChI=1S/C15H11BrO3S/c16-12-4-1-3-11(9-12)14(17)10-19-15(18)7-6-13-5-2-8-20-13/h1-9H,10H2/b7-6+. The van der Waals surface area contributed by atoms with E-state index in [0.29, 0.717) is 5.56 Å². The van der Waals surface area contributed by atoms with Gasteiger partial charge in [-0.3, -0.25) is 4.79 Å². The van der Waals surface area contributed by atoms with Gasteiger partial charge in [-0.05, 0) is 29.7 Å². The summed E-state index contributed by atoms with van der Waals surface area (Å²) in [4.78, 5) is 24.2. The number of hydrogen-bond donors (Lipinski definition) is 0. The first kappa shape index (κ1) is 14.7. The summed E-state index contributed by atoms with van der Waals surface area (Å²) in [6, 6.07) is 10.7. The topological polar surface area (TPSA) is 43.4 Å². The first-order valence-corrected chi connectivity index (χ1v) is 7.49. The molecule has 0 atom stereocenters. The smallest absolute Gasteiger partial charge is 0.331 e. The lowest BCUT2D eigenvalue weighted by molar-refractivity contribution is -0.136. The maximum atomic E-state index is 11.8. The van der Waals surface area contributed by atoms with Crippen molar-refractivity contribution in [1.82, 2.24) is 0 Å². The van der Waals surface area contributed by atoms with Gasteiger partial charge in [-0.1, -0.05) is 34.1 Å². The SMILES string of the molecule is O=C(/C=C/c1cccs1)OCC(=O)c1cccc(Br)c1. The molecule has 0 bridgehead atoms. The van der Waals surface area contributed by atoms with E-state index < -0.39 is 5.97 Å². The van der Waals surface area contributed by atoms with Crippen molar-refractivity contribution in [2.45, 2.75) is 0 Å². The Morgan fingerprint density at radius 3 is 2.80 bits per heavy atom. The first-order chi connectivity index (χ1) is 9.65. The number of ketones is 1. The van der Waals surface area contributed by atoms with Crippen molar-refractivity contribution in [2.24, 2.45) is 0 Å². The van der Waals surface area contributed by atoms with Crippen LogP contribution in [0.3, 0.4) is 0 Å². The molecular weight excluding hydrogens is 340 g/mol. The number of ether oxygens (including phenoxy) is 1. The molecule has 1 aromatic heterocycles. The minimum atomic E-state index is -0.526. The molecule has 0 aliphatic rings. The van der Waals surface area contributed by atoms with Gasteiger partial charge in [-0.25, -0.2) is 4.79 Å². The summed E-state index contributed by atoms with van der Waals surface area (Å²) in [6.07, 6.45) is 2.98. The third kappa shape index (κ3) is 4.43. The Labute approximate surface area is 129 Å². The summed E-state index contributed by atoms with van der Waals surface area (Å²) in [7, 11) is 0. The molecule has 102 valence electrons. The number of carbonyl (C=O) groups is 2. The van der Waals surface area contributed by atoms with Crippen LogP contribution in [0.15, 0.2) is 52.3 Å². The summed E-state index contributed by atoms with van der Waals surface area (Å²) in [6.45, 7) is -0.260. The van der Waals surface area contributed by atoms with Gasteiger partial charge in [-0.15, -0.1) is 11.3 Å². The van der Waals surface area contributed by atoms with Gasteiger partial charge in [0, 0.05) is 21.0 Å². The normalized spacial score (nSPS) is 10.7. The number of esters is 1. The largest absolute Gasteiger partial charge is 0.454 e. The molecule has 2 rings (SSSR count). The Kier molecular flexibility index (Phi) is 5.26. The molecule has 0 N–H and O–H groups in total. The molecule has 1 aromatic carbocycles. The van der Waals surface area contributed by atoms with Crippen LogP contribution in [-0.4, -0.2) is 18.4 Å². The molecule has 0 amide bonds. The summed E-state index contributed by atoms with van der Waals surface area (Å²) < 4.78 is 5.72. The minimum absolute atomic E-state index is 0.232.